The number of nitrogens with zero attached hydrogens (tertiary/aromatic N) is 3. The number of methoxy groups -OCH3 is 1. The molecule has 0 spiro atoms. The summed E-state index contributed by atoms with van der Waals surface area (Å²) in [5.74, 6) is 1.91. The molecule has 1 aliphatic rings. The molecular weight excluding hydrogens is 268 g/mol. The number of hydrogen-bond acceptors (Lipinski definition) is 5. The van der Waals surface area contributed by atoms with Crippen LogP contribution in [0.2, 0.25) is 0 Å². The molecule has 1 N–H and O–H groups in total. The Hall–Kier alpha value is -1.66. The highest BCUT2D eigenvalue weighted by Gasteiger charge is 2.35. The van der Waals surface area contributed by atoms with E-state index >= 15 is 0 Å². The van der Waals surface area contributed by atoms with Gasteiger partial charge in [-0.15, -0.1) is 0 Å². The monoisotopic (exact) mass is 290 g/mol. The average Bonchev–Trinajstić information content (AvgIpc) is 3.20. The SMILES string of the molecule is CCc1noc(C)c1CN1C[C@H](OC)CC1c1ncc[nH]1. The predicted octanol–water partition coefficient (Wildman–Crippen LogP) is 2.23. The second-order valence-corrected chi connectivity index (χ2v) is 5.53. The Balaban J connectivity index is 1.83. The lowest BCUT2D eigenvalue weighted by atomic mass is 10.1. The van der Waals surface area contributed by atoms with Gasteiger partial charge in [-0.05, 0) is 19.8 Å². The van der Waals surface area contributed by atoms with E-state index in [-0.39, 0.29) is 12.1 Å². The fourth-order valence-electron chi connectivity index (χ4n) is 3.07. The lowest BCUT2D eigenvalue weighted by molar-refractivity contribution is 0.107. The normalized spacial score (nSPS) is 23.0. The Morgan fingerprint density at radius 1 is 1.52 bits per heavy atom. The molecule has 0 bridgehead atoms. The van der Waals surface area contributed by atoms with Gasteiger partial charge in [-0.1, -0.05) is 12.1 Å². The zero-order valence-electron chi connectivity index (χ0n) is 12.8. The number of aryl methyl sites for hydroxylation is 2. The molecule has 1 aliphatic heterocycles. The summed E-state index contributed by atoms with van der Waals surface area (Å²) in [5, 5.41) is 4.15. The van der Waals surface area contributed by atoms with Crippen molar-refractivity contribution in [2.24, 2.45) is 0 Å². The summed E-state index contributed by atoms with van der Waals surface area (Å²) in [7, 11) is 1.77. The van der Waals surface area contributed by atoms with Gasteiger partial charge in [-0.2, -0.15) is 0 Å². The molecule has 1 unspecified atom stereocenters. The molecule has 114 valence electrons. The first-order valence-electron chi connectivity index (χ1n) is 7.43. The maximum Gasteiger partial charge on any atom is 0.138 e. The van der Waals surface area contributed by atoms with Crippen molar-refractivity contribution >= 4 is 0 Å². The molecule has 2 atom stereocenters. The Kier molecular flexibility index (Phi) is 4.07. The number of nitrogens with one attached hydrogen (secondary N) is 1. The Labute approximate surface area is 124 Å². The van der Waals surface area contributed by atoms with Crippen LogP contribution in [0, 0.1) is 6.92 Å². The molecule has 0 amide bonds. The Morgan fingerprint density at radius 3 is 3.05 bits per heavy atom. The van der Waals surface area contributed by atoms with E-state index in [2.05, 4.69) is 26.9 Å². The lowest BCUT2D eigenvalue weighted by Crippen LogP contribution is -2.26. The minimum Gasteiger partial charge on any atom is -0.380 e. The summed E-state index contributed by atoms with van der Waals surface area (Å²) in [5.41, 5.74) is 2.25. The fourth-order valence-corrected chi connectivity index (χ4v) is 3.07. The van der Waals surface area contributed by atoms with Crippen LogP contribution in [-0.2, 0) is 17.7 Å². The minimum absolute atomic E-state index is 0.241. The van der Waals surface area contributed by atoms with Gasteiger partial charge in [0.25, 0.3) is 0 Å². The third-order valence-electron chi connectivity index (χ3n) is 4.30. The average molecular weight is 290 g/mol. The minimum atomic E-state index is 0.241. The van der Waals surface area contributed by atoms with Crippen LogP contribution < -0.4 is 0 Å². The van der Waals surface area contributed by atoms with Crippen LogP contribution in [-0.4, -0.2) is 39.8 Å². The Bertz CT molecular complexity index is 579. The molecule has 21 heavy (non-hydrogen) atoms. The van der Waals surface area contributed by atoms with Crippen LogP contribution in [0.3, 0.4) is 0 Å². The highest BCUT2D eigenvalue weighted by atomic mass is 16.5. The maximum atomic E-state index is 5.55. The van der Waals surface area contributed by atoms with Crippen molar-refractivity contribution in [1.29, 1.82) is 0 Å². The third-order valence-corrected chi connectivity index (χ3v) is 4.30. The quantitative estimate of drug-likeness (QED) is 0.914. The van der Waals surface area contributed by atoms with Crippen LogP contribution in [0.4, 0.5) is 0 Å². The number of H-pyrrole nitrogens is 1. The molecule has 6 nitrogen and oxygen atoms in total. The van der Waals surface area contributed by atoms with Gasteiger partial charge in [0, 0.05) is 38.2 Å². The maximum absolute atomic E-state index is 5.55. The predicted molar refractivity (Wildman–Crippen MR) is 77.8 cm³/mol. The van der Waals surface area contributed by atoms with E-state index < -0.39 is 0 Å². The first kappa shape index (κ1) is 14.3. The smallest absolute Gasteiger partial charge is 0.138 e. The molecule has 1 fully saturated rings. The molecule has 1 saturated heterocycles. The third kappa shape index (κ3) is 2.73. The molecule has 0 aliphatic carbocycles. The van der Waals surface area contributed by atoms with Crippen LogP contribution in [0.1, 0.15) is 42.2 Å². The van der Waals surface area contributed by atoms with Gasteiger partial charge in [-0.25, -0.2) is 4.98 Å². The second kappa shape index (κ2) is 5.99. The van der Waals surface area contributed by atoms with Gasteiger partial charge >= 0.3 is 0 Å². The Morgan fingerprint density at radius 2 is 2.38 bits per heavy atom. The van der Waals surface area contributed by atoms with Gasteiger partial charge in [0.1, 0.15) is 11.6 Å². The van der Waals surface area contributed by atoms with E-state index in [0.717, 1.165) is 43.2 Å². The summed E-state index contributed by atoms with van der Waals surface area (Å²) in [6.45, 7) is 5.80. The van der Waals surface area contributed by atoms with Gasteiger partial charge in [0.2, 0.25) is 0 Å². The van der Waals surface area contributed by atoms with Crippen LogP contribution in [0.5, 0.6) is 0 Å². The van der Waals surface area contributed by atoms with Crippen LogP contribution in [0.25, 0.3) is 0 Å². The molecule has 0 aromatic carbocycles. The van der Waals surface area contributed by atoms with Gasteiger partial charge in [0.15, 0.2) is 0 Å². The number of likely N-dealkylation sites (tertiary alicyclic amines) is 1. The summed E-state index contributed by atoms with van der Waals surface area (Å²) in [6.07, 6.45) is 5.76. The standard InChI is InChI=1S/C15H22N4O2/c1-4-13-12(10(2)21-18-13)9-19-8-11(20-3)7-14(19)15-16-5-6-17-15/h5-6,11,14H,4,7-9H2,1-3H3,(H,16,17)/t11-,14?/m1/s1. The largest absolute Gasteiger partial charge is 0.380 e. The van der Waals surface area contributed by atoms with E-state index in [9.17, 15) is 0 Å². The van der Waals surface area contributed by atoms with Crippen molar-refractivity contribution in [3.8, 4) is 0 Å². The molecule has 3 heterocycles. The van der Waals surface area contributed by atoms with Crippen molar-refractivity contribution in [3.63, 3.8) is 0 Å². The first-order valence-corrected chi connectivity index (χ1v) is 7.43. The highest BCUT2D eigenvalue weighted by molar-refractivity contribution is 5.22. The lowest BCUT2D eigenvalue weighted by Gasteiger charge is -2.22. The fraction of sp³-hybridized carbons (Fsp3) is 0.600. The topological polar surface area (TPSA) is 67.2 Å². The second-order valence-electron chi connectivity index (χ2n) is 5.53. The van der Waals surface area contributed by atoms with Crippen molar-refractivity contribution in [2.75, 3.05) is 13.7 Å². The molecular formula is C15H22N4O2. The summed E-state index contributed by atoms with van der Waals surface area (Å²) < 4.78 is 10.9. The number of aromatic amines is 1. The highest BCUT2D eigenvalue weighted by Crippen LogP contribution is 2.33. The van der Waals surface area contributed by atoms with E-state index in [1.54, 1.807) is 13.3 Å². The number of ether oxygens (including phenoxy) is 1. The first-order chi connectivity index (χ1) is 10.2. The zero-order chi connectivity index (χ0) is 14.8. The van der Waals surface area contributed by atoms with Gasteiger partial charge in [-0.3, -0.25) is 4.90 Å². The van der Waals surface area contributed by atoms with Gasteiger partial charge in [0.05, 0.1) is 17.8 Å². The molecule has 2 aromatic heterocycles. The zero-order valence-corrected chi connectivity index (χ0v) is 12.8. The number of imidazole rings is 1. The summed E-state index contributed by atoms with van der Waals surface area (Å²) in [4.78, 5) is 10.0. The summed E-state index contributed by atoms with van der Waals surface area (Å²) in [6, 6.07) is 0.254. The van der Waals surface area contributed by atoms with E-state index in [1.165, 1.54) is 5.56 Å². The van der Waals surface area contributed by atoms with E-state index in [0.29, 0.717) is 0 Å². The number of aromatic nitrogens is 3. The number of rotatable bonds is 5. The number of hydrogen-bond donors (Lipinski definition) is 1. The summed E-state index contributed by atoms with van der Waals surface area (Å²) >= 11 is 0. The van der Waals surface area contributed by atoms with Crippen molar-refractivity contribution < 1.29 is 9.26 Å². The van der Waals surface area contributed by atoms with Crippen LogP contribution in [0.15, 0.2) is 16.9 Å². The molecule has 0 saturated carbocycles. The molecule has 2 aromatic rings. The van der Waals surface area contributed by atoms with Crippen LogP contribution >= 0.6 is 0 Å². The van der Waals surface area contributed by atoms with Crippen molar-refractivity contribution in [1.82, 2.24) is 20.0 Å². The van der Waals surface area contributed by atoms with Gasteiger partial charge < -0.3 is 14.2 Å². The molecule has 3 rings (SSSR count). The van der Waals surface area contributed by atoms with E-state index in [1.807, 2.05) is 13.1 Å². The van der Waals surface area contributed by atoms with E-state index in [4.69, 9.17) is 9.26 Å². The van der Waals surface area contributed by atoms with Crippen molar-refractivity contribution in [3.05, 3.63) is 35.2 Å². The molecule has 6 heteroatoms. The molecule has 0 radical (unpaired) electrons. The van der Waals surface area contributed by atoms with Crippen molar-refractivity contribution in [2.45, 2.75) is 45.4 Å².